The summed E-state index contributed by atoms with van der Waals surface area (Å²) in [5.41, 5.74) is 10.1. The van der Waals surface area contributed by atoms with Crippen LogP contribution in [0.5, 0.6) is 0 Å². The summed E-state index contributed by atoms with van der Waals surface area (Å²) in [6.45, 7) is 0. The van der Waals surface area contributed by atoms with E-state index in [4.69, 9.17) is 0 Å². The van der Waals surface area contributed by atoms with Crippen molar-refractivity contribution in [1.82, 2.24) is 0 Å². The summed E-state index contributed by atoms with van der Waals surface area (Å²) in [4.78, 5) is 0. The van der Waals surface area contributed by atoms with Crippen LogP contribution in [0.3, 0.4) is 0 Å². The zero-order valence-corrected chi connectivity index (χ0v) is 23.3. The van der Waals surface area contributed by atoms with Gasteiger partial charge < -0.3 is 24.8 Å². The molecule has 0 bridgehead atoms. The summed E-state index contributed by atoms with van der Waals surface area (Å²) >= 11 is -2.22. The largest absolute Gasteiger partial charge is 1.00 e. The summed E-state index contributed by atoms with van der Waals surface area (Å²) in [6.07, 6.45) is 7.16. The molecule has 4 aromatic carbocycles. The van der Waals surface area contributed by atoms with Crippen LogP contribution < -0.4 is 24.8 Å². The van der Waals surface area contributed by atoms with E-state index in [0.29, 0.717) is 3.63 Å². The predicted octanol–water partition coefficient (Wildman–Crippen LogP) is 1.80. The molecule has 0 aromatic heterocycles. The minimum atomic E-state index is -2.22. The van der Waals surface area contributed by atoms with E-state index in [1.165, 1.54) is 27.8 Å². The molecule has 0 amide bonds. The minimum absolute atomic E-state index is 0. The third kappa shape index (κ3) is 5.15. The molecule has 6 rings (SSSR count). The van der Waals surface area contributed by atoms with Crippen LogP contribution >= 0.6 is 0 Å². The van der Waals surface area contributed by atoms with E-state index in [1.807, 2.05) is 0 Å². The molecular formula is C32H26Cl2Zr. The Balaban J connectivity index is 0.00000144. The van der Waals surface area contributed by atoms with Crippen molar-refractivity contribution in [1.29, 1.82) is 0 Å². The summed E-state index contributed by atoms with van der Waals surface area (Å²) in [7, 11) is 0. The molecule has 0 aliphatic heterocycles. The van der Waals surface area contributed by atoms with E-state index < -0.39 is 21.3 Å². The van der Waals surface area contributed by atoms with Crippen LogP contribution in [0.4, 0.5) is 0 Å². The quantitative estimate of drug-likeness (QED) is 0.342. The molecule has 0 heterocycles. The molecule has 0 N–H and O–H groups in total. The number of rotatable bonds is 5. The average Bonchev–Trinajstić information content (AvgIpc) is 3.50. The van der Waals surface area contributed by atoms with Gasteiger partial charge in [0.05, 0.1) is 0 Å². The Kier molecular flexibility index (Phi) is 8.56. The van der Waals surface area contributed by atoms with Gasteiger partial charge >= 0.3 is 205 Å². The fourth-order valence-electron chi connectivity index (χ4n) is 5.33. The van der Waals surface area contributed by atoms with Gasteiger partial charge in [-0.2, -0.15) is 0 Å². The number of allylic oxidation sites excluding steroid dienone is 4. The molecule has 2 aliphatic rings. The molecule has 0 spiro atoms. The summed E-state index contributed by atoms with van der Waals surface area (Å²) in [6, 6.07) is 40.1. The van der Waals surface area contributed by atoms with Crippen molar-refractivity contribution in [2.75, 3.05) is 0 Å². The maximum Gasteiger partial charge on any atom is -1.00 e. The molecule has 0 saturated carbocycles. The van der Waals surface area contributed by atoms with Crippen LogP contribution in [0.2, 0.25) is 0 Å². The molecule has 172 valence electrons. The zero-order valence-electron chi connectivity index (χ0n) is 19.4. The van der Waals surface area contributed by atoms with Crippen molar-refractivity contribution < 1.29 is 46.1 Å². The first-order chi connectivity index (χ1) is 16.4. The van der Waals surface area contributed by atoms with Crippen LogP contribution in [0.25, 0.3) is 16.7 Å². The molecule has 2 aliphatic carbocycles. The van der Waals surface area contributed by atoms with E-state index in [1.54, 1.807) is 14.4 Å². The predicted molar refractivity (Wildman–Crippen MR) is 137 cm³/mol. The summed E-state index contributed by atoms with van der Waals surface area (Å²) in [5.74, 6) is 0. The number of fused-ring (bicyclic) bond motifs is 3. The van der Waals surface area contributed by atoms with Crippen molar-refractivity contribution in [3.63, 3.8) is 0 Å². The first-order valence-corrected chi connectivity index (χ1v) is 15.8. The van der Waals surface area contributed by atoms with Gasteiger partial charge in [-0.25, -0.2) is 0 Å². The first-order valence-electron chi connectivity index (χ1n) is 11.8. The summed E-state index contributed by atoms with van der Waals surface area (Å²) in [5, 5.41) is 0. The average molecular weight is 573 g/mol. The Morgan fingerprint density at radius 3 is 1.83 bits per heavy atom. The van der Waals surface area contributed by atoms with Gasteiger partial charge in [0.15, 0.2) is 0 Å². The molecule has 0 unspecified atom stereocenters. The molecule has 4 aromatic rings. The fraction of sp³-hybridized carbons (Fsp3) is 0.0938. The first kappa shape index (κ1) is 25.8. The number of hydrogen-bond donors (Lipinski definition) is 0. The van der Waals surface area contributed by atoms with E-state index in [0.717, 1.165) is 12.8 Å². The Hall–Kier alpha value is -2.31. The summed E-state index contributed by atoms with van der Waals surface area (Å²) < 4.78 is 5.02. The SMILES string of the molecule is C1=C(c2ccccc2)C=[C](/[Zr+2](=[CH]/Cc2ccccc2)[CH]2c3ccccc3-c3ccccc32)C1.[Cl-].[Cl-]. The van der Waals surface area contributed by atoms with E-state index in [-0.39, 0.29) is 24.8 Å². The van der Waals surface area contributed by atoms with Crippen molar-refractivity contribution in [2.24, 2.45) is 0 Å². The maximum atomic E-state index is 2.76. The molecule has 35 heavy (non-hydrogen) atoms. The second kappa shape index (κ2) is 11.6. The van der Waals surface area contributed by atoms with Crippen molar-refractivity contribution in [2.45, 2.75) is 16.5 Å². The van der Waals surface area contributed by atoms with Gasteiger partial charge in [-0.15, -0.1) is 0 Å². The molecule has 0 nitrogen and oxygen atoms in total. The number of benzene rings is 4. The van der Waals surface area contributed by atoms with Crippen LogP contribution in [0.15, 0.2) is 125 Å². The third-order valence-electron chi connectivity index (χ3n) is 6.89. The molecule has 0 atom stereocenters. The number of halogens is 2. The van der Waals surface area contributed by atoms with Crippen molar-refractivity contribution >= 4 is 9.28 Å². The van der Waals surface area contributed by atoms with E-state index in [9.17, 15) is 0 Å². The van der Waals surface area contributed by atoms with Crippen LogP contribution in [0.1, 0.15) is 32.3 Å². The third-order valence-corrected chi connectivity index (χ3v) is 14.2. The topological polar surface area (TPSA) is 0 Å². The van der Waals surface area contributed by atoms with Gasteiger partial charge in [-0.3, -0.25) is 0 Å². The Morgan fingerprint density at radius 2 is 1.20 bits per heavy atom. The van der Waals surface area contributed by atoms with E-state index >= 15 is 0 Å². The standard InChI is InChI=1S/C13H9.C11H9.C8H8.2ClH.Zr/c1-3-7-12-10(5-1)9-11-6-2-4-8-13(11)12;1-2-6-10(7-3-1)11-8-4-5-9-11;1-2-8-6-4-3-5-7-8;;;/h1-9H;1-3,6-9H,4H2;1,3-7H,2H2;2*1H;/q;;;;;+2/p-2. The van der Waals surface area contributed by atoms with Crippen LogP contribution in [0, 0.1) is 0 Å². The van der Waals surface area contributed by atoms with Gasteiger partial charge in [-0.1, -0.05) is 0 Å². The molecule has 3 heteroatoms. The molecular weight excluding hydrogens is 546 g/mol. The van der Waals surface area contributed by atoms with Gasteiger partial charge in [0.1, 0.15) is 0 Å². The molecule has 0 radical (unpaired) electrons. The Morgan fingerprint density at radius 1 is 0.657 bits per heavy atom. The van der Waals surface area contributed by atoms with Gasteiger partial charge in [0, 0.05) is 0 Å². The van der Waals surface area contributed by atoms with Crippen molar-refractivity contribution in [3.05, 3.63) is 147 Å². The smallest absolute Gasteiger partial charge is 1.00 e. The normalized spacial score (nSPS) is 13.7. The monoisotopic (exact) mass is 570 g/mol. The zero-order chi connectivity index (χ0) is 22.0. The molecule has 0 fully saturated rings. The second-order valence-corrected chi connectivity index (χ2v) is 15.1. The Labute approximate surface area is 228 Å². The Bertz CT molecular complexity index is 1360. The minimum Gasteiger partial charge on any atom is -1.00 e. The van der Waals surface area contributed by atoms with Crippen LogP contribution in [-0.4, -0.2) is 3.71 Å². The van der Waals surface area contributed by atoms with Crippen LogP contribution in [-0.2, 0) is 27.7 Å². The second-order valence-electron chi connectivity index (χ2n) is 8.86. The fourth-order valence-corrected chi connectivity index (χ4v) is 13.1. The molecule has 0 saturated heterocycles. The van der Waals surface area contributed by atoms with E-state index in [2.05, 4.69) is 125 Å². The van der Waals surface area contributed by atoms with Crippen molar-refractivity contribution in [3.8, 4) is 11.1 Å². The van der Waals surface area contributed by atoms with Gasteiger partial charge in [-0.05, 0) is 0 Å². The van der Waals surface area contributed by atoms with Gasteiger partial charge in [0.25, 0.3) is 0 Å². The maximum absolute atomic E-state index is 2.76. The number of hydrogen-bond acceptors (Lipinski definition) is 0. The van der Waals surface area contributed by atoms with Gasteiger partial charge in [0.2, 0.25) is 0 Å².